The van der Waals surface area contributed by atoms with Crippen molar-refractivity contribution in [1.29, 1.82) is 0 Å². The van der Waals surface area contributed by atoms with Gasteiger partial charge in [0.05, 0.1) is 17.8 Å². The SMILES string of the molecule is CCCc1nc(C(=O)Nc2cc(-c3nnc(C)o3)ccc2OC)cs1. The van der Waals surface area contributed by atoms with Crippen LogP contribution in [0.25, 0.3) is 11.5 Å². The quantitative estimate of drug-likeness (QED) is 0.722. The van der Waals surface area contributed by atoms with Crippen molar-refractivity contribution in [1.82, 2.24) is 15.2 Å². The van der Waals surface area contributed by atoms with Gasteiger partial charge in [-0.15, -0.1) is 21.5 Å². The van der Waals surface area contributed by atoms with Gasteiger partial charge in [0.1, 0.15) is 11.4 Å². The topological polar surface area (TPSA) is 90.1 Å². The maximum atomic E-state index is 12.5. The molecular formula is C17H18N4O3S. The van der Waals surface area contributed by atoms with Crippen molar-refractivity contribution in [2.75, 3.05) is 12.4 Å². The first-order valence-electron chi connectivity index (χ1n) is 7.85. The predicted octanol–water partition coefficient (Wildman–Crippen LogP) is 3.71. The van der Waals surface area contributed by atoms with E-state index in [-0.39, 0.29) is 5.91 Å². The number of methoxy groups -OCH3 is 1. The molecule has 130 valence electrons. The lowest BCUT2D eigenvalue weighted by Crippen LogP contribution is -2.13. The molecule has 0 bridgehead atoms. The molecule has 7 nitrogen and oxygen atoms in total. The molecule has 0 fully saturated rings. The van der Waals surface area contributed by atoms with Crippen LogP contribution >= 0.6 is 11.3 Å². The number of carbonyl (C=O) groups is 1. The van der Waals surface area contributed by atoms with Crippen molar-refractivity contribution in [2.45, 2.75) is 26.7 Å². The van der Waals surface area contributed by atoms with E-state index < -0.39 is 0 Å². The number of benzene rings is 1. The molecule has 8 heteroatoms. The number of thiazole rings is 1. The number of amides is 1. The van der Waals surface area contributed by atoms with Crippen molar-refractivity contribution in [3.8, 4) is 17.2 Å². The second-order valence-electron chi connectivity index (χ2n) is 5.37. The van der Waals surface area contributed by atoms with E-state index in [9.17, 15) is 4.79 Å². The first-order valence-corrected chi connectivity index (χ1v) is 8.73. The highest BCUT2D eigenvalue weighted by Crippen LogP contribution is 2.30. The molecule has 3 aromatic rings. The Kier molecular flexibility index (Phi) is 5.08. The van der Waals surface area contributed by atoms with E-state index in [2.05, 4.69) is 27.4 Å². The Bertz CT molecular complexity index is 888. The first kappa shape index (κ1) is 17.1. The predicted molar refractivity (Wildman–Crippen MR) is 95.1 cm³/mol. The third kappa shape index (κ3) is 3.85. The summed E-state index contributed by atoms with van der Waals surface area (Å²) in [6.07, 6.45) is 1.86. The number of ether oxygens (including phenoxy) is 1. The van der Waals surface area contributed by atoms with Crippen molar-refractivity contribution in [2.24, 2.45) is 0 Å². The van der Waals surface area contributed by atoms with Crippen LogP contribution in [-0.2, 0) is 6.42 Å². The molecule has 3 rings (SSSR count). The molecule has 25 heavy (non-hydrogen) atoms. The molecule has 1 aromatic carbocycles. The molecule has 2 heterocycles. The van der Waals surface area contributed by atoms with Gasteiger partial charge in [-0.05, 0) is 31.0 Å². The highest BCUT2D eigenvalue weighted by molar-refractivity contribution is 7.09. The minimum absolute atomic E-state index is 0.282. The summed E-state index contributed by atoms with van der Waals surface area (Å²) < 4.78 is 10.8. The van der Waals surface area contributed by atoms with Crippen molar-refractivity contribution in [3.63, 3.8) is 0 Å². The lowest BCUT2D eigenvalue weighted by atomic mass is 10.2. The summed E-state index contributed by atoms with van der Waals surface area (Å²) in [5.74, 6) is 1.12. The Labute approximate surface area is 149 Å². The summed E-state index contributed by atoms with van der Waals surface area (Å²) in [7, 11) is 1.55. The first-order chi connectivity index (χ1) is 12.1. The summed E-state index contributed by atoms with van der Waals surface area (Å²) in [5.41, 5.74) is 1.61. The smallest absolute Gasteiger partial charge is 0.275 e. The van der Waals surface area contributed by atoms with Crippen molar-refractivity contribution in [3.05, 3.63) is 40.2 Å². The number of carbonyl (C=O) groups excluding carboxylic acids is 1. The number of rotatable bonds is 6. The van der Waals surface area contributed by atoms with E-state index in [0.717, 1.165) is 17.8 Å². The van der Waals surface area contributed by atoms with E-state index in [1.807, 2.05) is 0 Å². The number of hydrogen-bond acceptors (Lipinski definition) is 7. The van der Waals surface area contributed by atoms with Crippen LogP contribution in [-0.4, -0.2) is 28.2 Å². The monoisotopic (exact) mass is 358 g/mol. The van der Waals surface area contributed by atoms with Gasteiger partial charge in [0.2, 0.25) is 11.8 Å². The average Bonchev–Trinajstić information content (AvgIpc) is 3.24. The molecule has 0 unspecified atom stereocenters. The minimum Gasteiger partial charge on any atom is -0.495 e. The Morgan fingerprint density at radius 1 is 1.36 bits per heavy atom. The number of nitrogens with one attached hydrogen (secondary N) is 1. The van der Waals surface area contributed by atoms with Crippen LogP contribution in [0.15, 0.2) is 28.0 Å². The summed E-state index contributed by atoms with van der Waals surface area (Å²) in [6, 6.07) is 5.28. The van der Waals surface area contributed by atoms with Crippen LogP contribution in [0.5, 0.6) is 5.75 Å². The number of aryl methyl sites for hydroxylation is 2. The van der Waals surface area contributed by atoms with Crippen LogP contribution in [0.4, 0.5) is 5.69 Å². The molecule has 0 saturated carbocycles. The number of hydrogen-bond donors (Lipinski definition) is 1. The molecule has 0 atom stereocenters. The van der Waals surface area contributed by atoms with Crippen LogP contribution in [0.3, 0.4) is 0 Å². The number of aromatic nitrogens is 3. The number of anilines is 1. The van der Waals surface area contributed by atoms with Gasteiger partial charge in [0.15, 0.2) is 0 Å². The van der Waals surface area contributed by atoms with Gasteiger partial charge in [0, 0.05) is 17.9 Å². The molecule has 0 spiro atoms. The zero-order chi connectivity index (χ0) is 17.8. The van der Waals surface area contributed by atoms with Gasteiger partial charge in [0.25, 0.3) is 5.91 Å². The van der Waals surface area contributed by atoms with Crippen LogP contribution in [0.2, 0.25) is 0 Å². The highest BCUT2D eigenvalue weighted by atomic mass is 32.1. The maximum Gasteiger partial charge on any atom is 0.275 e. The van der Waals surface area contributed by atoms with E-state index in [4.69, 9.17) is 9.15 Å². The fraction of sp³-hybridized carbons (Fsp3) is 0.294. The second kappa shape index (κ2) is 7.43. The largest absolute Gasteiger partial charge is 0.495 e. The Morgan fingerprint density at radius 3 is 2.88 bits per heavy atom. The van der Waals surface area contributed by atoms with E-state index in [0.29, 0.717) is 34.5 Å². The summed E-state index contributed by atoms with van der Waals surface area (Å²) in [5, 5.41) is 13.4. The van der Waals surface area contributed by atoms with Gasteiger partial charge in [-0.2, -0.15) is 0 Å². The van der Waals surface area contributed by atoms with Crippen LogP contribution < -0.4 is 10.1 Å². The molecular weight excluding hydrogens is 340 g/mol. The van der Waals surface area contributed by atoms with Gasteiger partial charge >= 0.3 is 0 Å². The van der Waals surface area contributed by atoms with Gasteiger partial charge in [-0.3, -0.25) is 4.79 Å². The Morgan fingerprint density at radius 2 is 2.20 bits per heavy atom. The maximum absolute atomic E-state index is 12.5. The van der Waals surface area contributed by atoms with Crippen LogP contribution in [0, 0.1) is 6.92 Å². The highest BCUT2D eigenvalue weighted by Gasteiger charge is 2.15. The van der Waals surface area contributed by atoms with Gasteiger partial charge < -0.3 is 14.5 Å². The zero-order valence-electron chi connectivity index (χ0n) is 14.2. The lowest BCUT2D eigenvalue weighted by Gasteiger charge is -2.10. The molecule has 1 amide bonds. The normalized spacial score (nSPS) is 10.7. The zero-order valence-corrected chi connectivity index (χ0v) is 15.0. The van der Waals surface area contributed by atoms with E-state index >= 15 is 0 Å². The molecule has 0 aliphatic rings. The Hall–Kier alpha value is -2.74. The molecule has 0 saturated heterocycles. The van der Waals surface area contributed by atoms with Crippen molar-refractivity contribution >= 4 is 22.9 Å². The molecule has 0 aliphatic heterocycles. The van der Waals surface area contributed by atoms with E-state index in [1.165, 1.54) is 11.3 Å². The van der Waals surface area contributed by atoms with Crippen LogP contribution in [0.1, 0.15) is 34.7 Å². The lowest BCUT2D eigenvalue weighted by molar-refractivity contribution is 0.102. The fourth-order valence-electron chi connectivity index (χ4n) is 2.28. The third-order valence-corrected chi connectivity index (χ3v) is 4.38. The second-order valence-corrected chi connectivity index (χ2v) is 6.31. The third-order valence-electron chi connectivity index (χ3n) is 3.47. The molecule has 0 aliphatic carbocycles. The van der Waals surface area contributed by atoms with Gasteiger partial charge in [-0.1, -0.05) is 6.92 Å². The summed E-state index contributed by atoms with van der Waals surface area (Å²) in [6.45, 7) is 3.80. The minimum atomic E-state index is -0.282. The molecule has 0 radical (unpaired) electrons. The molecule has 1 N–H and O–H groups in total. The standard InChI is InChI=1S/C17H18N4O3S/c1-4-5-15-18-13(9-25-15)16(22)19-12-8-11(6-7-14(12)23-3)17-21-20-10(2)24-17/h6-9H,4-5H2,1-3H3,(H,19,22). The average molecular weight is 358 g/mol. The fourth-order valence-corrected chi connectivity index (χ4v) is 3.16. The number of nitrogens with zero attached hydrogens (tertiary/aromatic N) is 3. The van der Waals surface area contributed by atoms with Gasteiger partial charge in [-0.25, -0.2) is 4.98 Å². The molecule has 2 aromatic heterocycles. The summed E-state index contributed by atoms with van der Waals surface area (Å²) >= 11 is 1.49. The Balaban J connectivity index is 1.85. The van der Waals surface area contributed by atoms with Crippen molar-refractivity contribution < 1.29 is 13.9 Å². The summed E-state index contributed by atoms with van der Waals surface area (Å²) in [4.78, 5) is 16.8. The van der Waals surface area contributed by atoms with E-state index in [1.54, 1.807) is 37.6 Å².